The largest absolute Gasteiger partial charge is 0.508 e. The summed E-state index contributed by atoms with van der Waals surface area (Å²) >= 11 is 12.7. The van der Waals surface area contributed by atoms with Crippen LogP contribution in [-0.4, -0.2) is 45.8 Å². The number of methoxy groups -OCH3 is 1. The number of halogens is 2. The number of anilines is 2. The molecule has 4 aliphatic rings. The normalized spacial score (nSPS) is 26.2. The Balaban J connectivity index is 1.30. The number of amides is 4. The molecule has 0 bridgehead atoms. The second-order valence-corrected chi connectivity index (χ2v) is 14.4. The van der Waals surface area contributed by atoms with Crippen molar-refractivity contribution in [1.29, 1.82) is 0 Å². The number of phenolic OH excluding ortho intramolecular Hbond substituents is 1. The maximum absolute atomic E-state index is 15.3. The number of ether oxygens (including phenoxy) is 1. The summed E-state index contributed by atoms with van der Waals surface area (Å²) in [4.78, 5) is 70.3. The fraction of sp³-hybridized carbons (Fsp3) is 0.231. The zero-order valence-corrected chi connectivity index (χ0v) is 29.5. The van der Waals surface area contributed by atoms with Crippen molar-refractivity contribution >= 4 is 63.9 Å². The smallest absolute Gasteiger partial charge is 0.269 e. The van der Waals surface area contributed by atoms with E-state index in [1.165, 1.54) is 49.6 Å². The molecule has 12 nitrogen and oxygen atoms in total. The van der Waals surface area contributed by atoms with Gasteiger partial charge < -0.3 is 9.84 Å². The van der Waals surface area contributed by atoms with E-state index in [0.717, 1.165) is 15.5 Å². The number of imide groups is 2. The first-order chi connectivity index (χ1) is 25.4. The number of hydrogen-bond donors (Lipinski definition) is 2. The SMILES string of the molecule is COc1ccc(C23C(=O)N(Nc4ccc(Cl)cc4Cl)C(=O)C2CC2C(=CCC4C(=O)N(c5ccc([N+](=O)[O-])cc5)C(=O)C42)C3c2ccc(O)cc2)cc1. The number of nitro benzene ring substituents is 1. The summed E-state index contributed by atoms with van der Waals surface area (Å²) < 4.78 is 5.43. The van der Waals surface area contributed by atoms with Crippen molar-refractivity contribution in [3.8, 4) is 11.5 Å². The van der Waals surface area contributed by atoms with Gasteiger partial charge >= 0.3 is 0 Å². The van der Waals surface area contributed by atoms with Gasteiger partial charge in [-0.1, -0.05) is 59.1 Å². The van der Waals surface area contributed by atoms with Crippen LogP contribution in [0.3, 0.4) is 0 Å². The van der Waals surface area contributed by atoms with E-state index in [-0.39, 0.29) is 40.7 Å². The lowest BCUT2D eigenvalue weighted by Gasteiger charge is -2.50. The average molecular weight is 754 g/mol. The van der Waals surface area contributed by atoms with Gasteiger partial charge in [-0.15, -0.1) is 0 Å². The summed E-state index contributed by atoms with van der Waals surface area (Å²) in [5.41, 5.74) is 3.59. The van der Waals surface area contributed by atoms with Gasteiger partial charge in [0.15, 0.2) is 0 Å². The lowest BCUT2D eigenvalue weighted by atomic mass is 9.49. The van der Waals surface area contributed by atoms with Crippen LogP contribution in [0.2, 0.25) is 10.0 Å². The second-order valence-electron chi connectivity index (χ2n) is 13.6. The zero-order chi connectivity index (χ0) is 37.3. The van der Waals surface area contributed by atoms with Crippen molar-refractivity contribution in [3.63, 3.8) is 0 Å². The van der Waals surface area contributed by atoms with E-state index in [4.69, 9.17) is 27.9 Å². The number of nitro groups is 1. The summed E-state index contributed by atoms with van der Waals surface area (Å²) in [7, 11) is 1.52. The van der Waals surface area contributed by atoms with Crippen LogP contribution >= 0.6 is 23.2 Å². The van der Waals surface area contributed by atoms with E-state index < -0.39 is 63.6 Å². The van der Waals surface area contributed by atoms with E-state index >= 15 is 4.79 Å². The Hall–Kier alpha value is -5.72. The molecule has 4 aromatic rings. The lowest BCUT2D eigenvalue weighted by Crippen LogP contribution is -2.53. The van der Waals surface area contributed by atoms with Gasteiger partial charge in [0.1, 0.15) is 11.5 Å². The first-order valence-corrected chi connectivity index (χ1v) is 17.6. The number of benzene rings is 4. The number of allylic oxidation sites excluding steroid dienone is 2. The standard InChI is InChI=1S/C39H30Cl2N4O8/c1-53-26-13-4-21(5-14-26)39-30(36(48)44(38(39)50)42-32-17-6-22(40)18-31(32)41)19-29-27(34(39)20-2-11-25(46)12-3-20)15-16-28-33(29)37(49)43(35(28)47)23-7-9-24(10-8-23)45(51)52/h2-15,17-18,28-30,33-34,42,46H,16,19H2,1H3. The van der Waals surface area contributed by atoms with E-state index in [2.05, 4.69) is 5.43 Å². The van der Waals surface area contributed by atoms with E-state index in [9.17, 15) is 29.6 Å². The van der Waals surface area contributed by atoms with Gasteiger partial charge in [-0.05, 0) is 84.5 Å². The van der Waals surface area contributed by atoms with E-state index in [1.807, 2.05) is 6.08 Å². The molecule has 0 spiro atoms. The molecule has 1 saturated carbocycles. The summed E-state index contributed by atoms with van der Waals surface area (Å²) in [6.45, 7) is 0. The van der Waals surface area contributed by atoms with Gasteiger partial charge in [-0.25, -0.2) is 0 Å². The average Bonchev–Trinajstić information content (AvgIpc) is 3.53. The third-order valence-electron chi connectivity index (χ3n) is 11.1. The van der Waals surface area contributed by atoms with Gasteiger partial charge in [0, 0.05) is 23.1 Å². The fourth-order valence-corrected chi connectivity index (χ4v) is 9.31. The van der Waals surface area contributed by atoms with Gasteiger partial charge in [-0.3, -0.25) is 39.6 Å². The molecule has 4 amide bonds. The van der Waals surface area contributed by atoms with Crippen LogP contribution in [0, 0.1) is 33.8 Å². The Morgan fingerprint density at radius 2 is 1.58 bits per heavy atom. The molecule has 268 valence electrons. The molecular formula is C39H30Cl2N4O8. The molecule has 2 heterocycles. The number of phenols is 1. The van der Waals surface area contributed by atoms with E-state index in [0.29, 0.717) is 21.9 Å². The predicted octanol–water partition coefficient (Wildman–Crippen LogP) is 6.81. The molecule has 8 rings (SSSR count). The van der Waals surface area contributed by atoms with Crippen LogP contribution < -0.4 is 15.1 Å². The maximum atomic E-state index is 15.3. The summed E-state index contributed by atoms with van der Waals surface area (Å²) in [5.74, 6) is -5.60. The highest BCUT2D eigenvalue weighted by atomic mass is 35.5. The molecule has 14 heteroatoms. The summed E-state index contributed by atoms with van der Waals surface area (Å²) in [5, 5.41) is 23.2. The number of non-ortho nitro benzene ring substituents is 1. The number of nitrogens with zero attached hydrogens (tertiary/aromatic N) is 3. The molecule has 0 radical (unpaired) electrons. The Morgan fingerprint density at radius 1 is 0.887 bits per heavy atom. The highest BCUT2D eigenvalue weighted by Crippen LogP contribution is 2.64. The predicted molar refractivity (Wildman–Crippen MR) is 194 cm³/mol. The van der Waals surface area contributed by atoms with Crippen LogP contribution in [0.1, 0.15) is 29.9 Å². The van der Waals surface area contributed by atoms with Crippen molar-refractivity contribution in [2.45, 2.75) is 24.2 Å². The van der Waals surface area contributed by atoms with Gasteiger partial charge in [-0.2, -0.15) is 5.01 Å². The zero-order valence-electron chi connectivity index (χ0n) is 27.9. The highest BCUT2D eigenvalue weighted by Gasteiger charge is 2.70. The number of hydrazine groups is 1. The molecule has 3 fully saturated rings. The molecule has 2 saturated heterocycles. The molecule has 6 atom stereocenters. The number of rotatable bonds is 7. The number of carbonyl (C=O) groups is 4. The van der Waals surface area contributed by atoms with Crippen LogP contribution in [0.4, 0.5) is 17.1 Å². The number of aromatic hydroxyl groups is 1. The number of hydrogen-bond acceptors (Lipinski definition) is 9. The molecule has 2 aliphatic heterocycles. The third kappa shape index (κ3) is 5.19. The van der Waals surface area contributed by atoms with Crippen molar-refractivity contribution in [3.05, 3.63) is 134 Å². The van der Waals surface area contributed by atoms with Crippen LogP contribution in [-0.2, 0) is 24.6 Å². The molecule has 53 heavy (non-hydrogen) atoms. The maximum Gasteiger partial charge on any atom is 0.269 e. The monoisotopic (exact) mass is 752 g/mol. The molecule has 6 unspecified atom stereocenters. The molecule has 2 aliphatic carbocycles. The van der Waals surface area contributed by atoms with E-state index in [1.54, 1.807) is 48.5 Å². The first kappa shape index (κ1) is 34.4. The van der Waals surface area contributed by atoms with Crippen LogP contribution in [0.5, 0.6) is 11.5 Å². The quantitative estimate of drug-likeness (QED) is 0.0896. The minimum absolute atomic E-state index is 0.00125. The first-order valence-electron chi connectivity index (χ1n) is 16.8. The molecule has 2 N–H and O–H groups in total. The molecule has 0 aromatic heterocycles. The number of carbonyl (C=O) groups excluding carboxylic acids is 4. The van der Waals surface area contributed by atoms with Crippen LogP contribution in [0.15, 0.2) is 103 Å². The summed E-state index contributed by atoms with van der Waals surface area (Å²) in [6, 6.07) is 23.2. The molecule has 4 aromatic carbocycles. The lowest BCUT2D eigenvalue weighted by molar-refractivity contribution is -0.384. The molecular weight excluding hydrogens is 723 g/mol. The van der Waals surface area contributed by atoms with Gasteiger partial charge in [0.25, 0.3) is 17.5 Å². The van der Waals surface area contributed by atoms with Crippen LogP contribution in [0.25, 0.3) is 0 Å². The number of fused-ring (bicyclic) bond motifs is 4. The topological polar surface area (TPSA) is 159 Å². The minimum atomic E-state index is -1.55. The highest BCUT2D eigenvalue weighted by molar-refractivity contribution is 6.36. The van der Waals surface area contributed by atoms with Gasteiger partial charge in [0.2, 0.25) is 11.8 Å². The van der Waals surface area contributed by atoms with Gasteiger partial charge in [0.05, 0.1) is 51.6 Å². The fourth-order valence-electron chi connectivity index (χ4n) is 8.86. The minimum Gasteiger partial charge on any atom is -0.508 e. The Kier molecular flexibility index (Phi) is 8.27. The Morgan fingerprint density at radius 3 is 2.23 bits per heavy atom. The van der Waals surface area contributed by atoms with Crippen molar-refractivity contribution in [2.24, 2.45) is 23.7 Å². The third-order valence-corrected chi connectivity index (χ3v) is 11.7. The van der Waals surface area contributed by atoms with Crippen molar-refractivity contribution in [1.82, 2.24) is 5.01 Å². The Bertz CT molecular complexity index is 2240. The van der Waals surface area contributed by atoms with Crippen molar-refractivity contribution in [2.75, 3.05) is 17.4 Å². The number of nitrogens with one attached hydrogen (secondary N) is 1. The van der Waals surface area contributed by atoms with Crippen molar-refractivity contribution < 1.29 is 33.9 Å². The summed E-state index contributed by atoms with van der Waals surface area (Å²) in [6.07, 6.45) is 2.16. The Labute approximate surface area is 312 Å². The second kappa shape index (κ2) is 12.7.